The van der Waals surface area contributed by atoms with Crippen LogP contribution in [-0.4, -0.2) is 11.7 Å². The van der Waals surface area contributed by atoms with Gasteiger partial charge in [0.15, 0.2) is 0 Å². The molecule has 1 aromatic rings. The van der Waals surface area contributed by atoms with E-state index in [9.17, 15) is 0 Å². The summed E-state index contributed by atoms with van der Waals surface area (Å²) >= 11 is 7.13. The Kier molecular flexibility index (Phi) is 2.51. The lowest BCUT2D eigenvalue weighted by Crippen LogP contribution is -1.85. The molecule has 1 aromatic heterocycles. The fourth-order valence-corrected chi connectivity index (χ4v) is 1.55. The van der Waals surface area contributed by atoms with E-state index >= 15 is 0 Å². The van der Waals surface area contributed by atoms with Crippen LogP contribution >= 0.6 is 22.9 Å². The average molecular weight is 163 g/mol. The van der Waals surface area contributed by atoms with Crippen LogP contribution in [0.1, 0.15) is 5.56 Å². The van der Waals surface area contributed by atoms with Crippen molar-refractivity contribution in [3.63, 3.8) is 0 Å². The van der Waals surface area contributed by atoms with Gasteiger partial charge in [-0.15, -0.1) is 11.3 Å². The first-order chi connectivity index (χ1) is 4.33. The van der Waals surface area contributed by atoms with Crippen LogP contribution < -0.4 is 0 Å². The second kappa shape index (κ2) is 3.20. The van der Waals surface area contributed by atoms with E-state index in [1.807, 2.05) is 11.4 Å². The Morgan fingerprint density at radius 1 is 1.67 bits per heavy atom. The van der Waals surface area contributed by atoms with Gasteiger partial charge >= 0.3 is 0 Å². The van der Waals surface area contributed by atoms with E-state index < -0.39 is 0 Å². The van der Waals surface area contributed by atoms with Crippen molar-refractivity contribution in [1.29, 1.82) is 0 Å². The third-order valence-electron chi connectivity index (χ3n) is 1.02. The molecule has 0 aliphatic heterocycles. The van der Waals surface area contributed by atoms with Gasteiger partial charge in [-0.3, -0.25) is 0 Å². The zero-order valence-corrected chi connectivity index (χ0v) is 6.37. The third kappa shape index (κ3) is 1.97. The second-order valence-electron chi connectivity index (χ2n) is 1.73. The van der Waals surface area contributed by atoms with Crippen molar-refractivity contribution in [2.24, 2.45) is 0 Å². The van der Waals surface area contributed by atoms with Gasteiger partial charge in [-0.2, -0.15) is 0 Å². The lowest BCUT2D eigenvalue weighted by molar-refractivity contribution is 0.300. The van der Waals surface area contributed by atoms with Crippen LogP contribution in [0.15, 0.2) is 11.4 Å². The summed E-state index contributed by atoms with van der Waals surface area (Å²) in [5.74, 6) is 0. The fraction of sp³-hybridized carbons (Fsp3) is 0.333. The molecule has 0 aliphatic carbocycles. The van der Waals surface area contributed by atoms with Crippen molar-refractivity contribution in [3.05, 3.63) is 21.3 Å². The number of aliphatic hydroxyl groups excluding tert-OH is 1. The zero-order chi connectivity index (χ0) is 6.69. The Bertz CT molecular complexity index is 185. The molecule has 0 aliphatic rings. The predicted molar refractivity (Wildman–Crippen MR) is 40.1 cm³/mol. The number of thiophene rings is 1. The fourth-order valence-electron chi connectivity index (χ4n) is 0.606. The Balaban J connectivity index is 2.61. The first kappa shape index (κ1) is 7.06. The number of hydrogen-bond acceptors (Lipinski definition) is 2. The van der Waals surface area contributed by atoms with Crippen LogP contribution in [0.3, 0.4) is 0 Å². The van der Waals surface area contributed by atoms with E-state index in [-0.39, 0.29) is 6.61 Å². The van der Waals surface area contributed by atoms with E-state index in [0.717, 1.165) is 9.90 Å². The summed E-state index contributed by atoms with van der Waals surface area (Å²) in [5, 5.41) is 10.4. The minimum absolute atomic E-state index is 0.201. The summed E-state index contributed by atoms with van der Waals surface area (Å²) in [5.41, 5.74) is 1.12. The summed E-state index contributed by atoms with van der Waals surface area (Å²) < 4.78 is 0.790. The van der Waals surface area contributed by atoms with Gasteiger partial charge in [-0.05, 0) is 23.4 Å². The maximum absolute atomic E-state index is 8.49. The molecule has 3 heteroatoms. The van der Waals surface area contributed by atoms with E-state index in [1.165, 1.54) is 11.3 Å². The quantitative estimate of drug-likeness (QED) is 0.705. The zero-order valence-electron chi connectivity index (χ0n) is 4.80. The standard InChI is InChI=1S/C6H7ClOS/c7-6-3-5(1-2-8)4-9-6/h3-4,8H,1-2H2. The highest BCUT2D eigenvalue weighted by Crippen LogP contribution is 2.19. The molecule has 0 spiro atoms. The largest absolute Gasteiger partial charge is 0.396 e. The van der Waals surface area contributed by atoms with Gasteiger partial charge < -0.3 is 5.11 Å². The van der Waals surface area contributed by atoms with Crippen LogP contribution in [0.5, 0.6) is 0 Å². The van der Waals surface area contributed by atoms with Gasteiger partial charge in [0, 0.05) is 6.61 Å². The highest BCUT2D eigenvalue weighted by molar-refractivity contribution is 7.14. The van der Waals surface area contributed by atoms with E-state index in [0.29, 0.717) is 6.42 Å². The molecule has 1 rings (SSSR count). The Hall–Kier alpha value is -0.0500. The highest BCUT2D eigenvalue weighted by atomic mass is 35.5. The second-order valence-corrected chi connectivity index (χ2v) is 3.28. The smallest absolute Gasteiger partial charge is 0.0931 e. The Labute approximate surface area is 62.9 Å². The number of rotatable bonds is 2. The highest BCUT2D eigenvalue weighted by Gasteiger charge is 1.94. The van der Waals surface area contributed by atoms with Crippen LogP contribution in [0.2, 0.25) is 4.34 Å². The SMILES string of the molecule is OCCc1csc(Cl)c1. The van der Waals surface area contributed by atoms with Crippen LogP contribution in [0.4, 0.5) is 0 Å². The van der Waals surface area contributed by atoms with Crippen LogP contribution in [0.25, 0.3) is 0 Å². The van der Waals surface area contributed by atoms with Crippen LogP contribution in [0, 0.1) is 0 Å². The summed E-state index contributed by atoms with van der Waals surface area (Å²) in [6, 6.07) is 1.88. The molecule has 0 radical (unpaired) electrons. The summed E-state index contributed by atoms with van der Waals surface area (Å²) in [6.07, 6.45) is 0.712. The van der Waals surface area contributed by atoms with Crippen molar-refractivity contribution in [3.8, 4) is 0 Å². The lowest BCUT2D eigenvalue weighted by Gasteiger charge is -1.86. The molecule has 9 heavy (non-hydrogen) atoms. The average Bonchev–Trinajstić information content (AvgIpc) is 2.17. The summed E-state index contributed by atoms with van der Waals surface area (Å²) in [6.45, 7) is 0.201. The molecule has 1 nitrogen and oxygen atoms in total. The molecule has 0 saturated carbocycles. The molecule has 0 saturated heterocycles. The maximum Gasteiger partial charge on any atom is 0.0931 e. The molecule has 1 heterocycles. The van der Waals surface area contributed by atoms with E-state index in [1.54, 1.807) is 0 Å². The van der Waals surface area contributed by atoms with Crippen molar-refractivity contribution in [2.75, 3.05) is 6.61 Å². The topological polar surface area (TPSA) is 20.2 Å². The van der Waals surface area contributed by atoms with Gasteiger partial charge in [0.1, 0.15) is 0 Å². The minimum atomic E-state index is 0.201. The Morgan fingerprint density at radius 3 is 2.89 bits per heavy atom. The van der Waals surface area contributed by atoms with Gasteiger partial charge in [-0.1, -0.05) is 11.6 Å². The molecule has 0 amide bonds. The van der Waals surface area contributed by atoms with Gasteiger partial charge in [0.25, 0.3) is 0 Å². The lowest BCUT2D eigenvalue weighted by atomic mass is 10.3. The first-order valence-electron chi connectivity index (χ1n) is 2.66. The van der Waals surface area contributed by atoms with Gasteiger partial charge in [0.05, 0.1) is 4.34 Å². The monoisotopic (exact) mass is 162 g/mol. The Morgan fingerprint density at radius 2 is 2.44 bits per heavy atom. The molecule has 0 bridgehead atoms. The maximum atomic E-state index is 8.49. The molecule has 50 valence electrons. The minimum Gasteiger partial charge on any atom is -0.396 e. The molecular formula is C6H7ClOS. The molecule has 1 N–H and O–H groups in total. The normalized spacial score (nSPS) is 10.0. The summed E-state index contributed by atoms with van der Waals surface area (Å²) in [7, 11) is 0. The molecule has 0 fully saturated rings. The van der Waals surface area contributed by atoms with Crippen molar-refractivity contribution >= 4 is 22.9 Å². The van der Waals surface area contributed by atoms with Crippen LogP contribution in [-0.2, 0) is 6.42 Å². The molecule has 0 atom stereocenters. The van der Waals surface area contributed by atoms with Crippen molar-refractivity contribution < 1.29 is 5.11 Å². The van der Waals surface area contributed by atoms with E-state index in [2.05, 4.69) is 0 Å². The molecule has 0 unspecified atom stereocenters. The van der Waals surface area contributed by atoms with Gasteiger partial charge in [0.2, 0.25) is 0 Å². The third-order valence-corrected chi connectivity index (χ3v) is 2.16. The number of aliphatic hydroxyl groups is 1. The van der Waals surface area contributed by atoms with Crippen molar-refractivity contribution in [2.45, 2.75) is 6.42 Å². The van der Waals surface area contributed by atoms with Gasteiger partial charge in [-0.25, -0.2) is 0 Å². The predicted octanol–water partition coefficient (Wildman–Crippen LogP) is 1.94. The molecular weight excluding hydrogens is 156 g/mol. The molecule has 0 aromatic carbocycles. The number of halogens is 1. The van der Waals surface area contributed by atoms with Crippen molar-refractivity contribution in [1.82, 2.24) is 0 Å². The first-order valence-corrected chi connectivity index (χ1v) is 3.92. The summed E-state index contributed by atoms with van der Waals surface area (Å²) in [4.78, 5) is 0. The van der Waals surface area contributed by atoms with E-state index in [4.69, 9.17) is 16.7 Å². The number of hydrogen-bond donors (Lipinski definition) is 1.